The molecule has 0 bridgehead atoms. The number of ether oxygens (including phenoxy) is 3. The molecule has 5 atom stereocenters. The van der Waals surface area contributed by atoms with Crippen LogP contribution in [0.3, 0.4) is 0 Å². The molecule has 7 heteroatoms. The fourth-order valence-electron chi connectivity index (χ4n) is 5.77. The highest BCUT2D eigenvalue weighted by atomic mass is 16.5. The number of aliphatic hydroxyl groups is 2. The number of carbonyl (C=O) groups excluding carboxylic acids is 2. The van der Waals surface area contributed by atoms with E-state index in [4.69, 9.17) is 14.2 Å². The molecule has 0 radical (unpaired) electrons. The second-order valence-electron chi connectivity index (χ2n) is 11.3. The maximum atomic E-state index is 13.2. The van der Waals surface area contributed by atoms with Gasteiger partial charge in [0.2, 0.25) is 0 Å². The first kappa shape index (κ1) is 33.5. The van der Waals surface area contributed by atoms with Gasteiger partial charge in [0.15, 0.2) is 0 Å². The predicted octanol–water partition coefficient (Wildman–Crippen LogP) is 6.37. The third-order valence-electron chi connectivity index (χ3n) is 8.22. The summed E-state index contributed by atoms with van der Waals surface area (Å²) in [6, 6.07) is 24.6. The first-order chi connectivity index (χ1) is 21.9. The number of rotatable bonds is 13. The summed E-state index contributed by atoms with van der Waals surface area (Å²) in [6.45, 7) is 0. The molecule has 1 aliphatic carbocycles. The van der Waals surface area contributed by atoms with Gasteiger partial charge in [-0.05, 0) is 60.4 Å². The van der Waals surface area contributed by atoms with E-state index >= 15 is 0 Å². The van der Waals surface area contributed by atoms with Gasteiger partial charge >= 0.3 is 11.9 Å². The molecule has 1 fully saturated rings. The van der Waals surface area contributed by atoms with Crippen molar-refractivity contribution in [3.8, 4) is 28.7 Å². The fourth-order valence-corrected chi connectivity index (χ4v) is 5.77. The molecule has 0 amide bonds. The van der Waals surface area contributed by atoms with Gasteiger partial charge < -0.3 is 24.4 Å². The van der Waals surface area contributed by atoms with Crippen molar-refractivity contribution >= 4 is 11.9 Å². The minimum absolute atomic E-state index is 0.136. The summed E-state index contributed by atoms with van der Waals surface area (Å²) in [4.78, 5) is 24.6. The summed E-state index contributed by atoms with van der Waals surface area (Å²) in [7, 11) is 2.98. The van der Waals surface area contributed by atoms with Crippen LogP contribution in [0.4, 0.5) is 0 Å². The van der Waals surface area contributed by atoms with E-state index in [9.17, 15) is 19.8 Å². The van der Waals surface area contributed by atoms with Crippen LogP contribution in [0.1, 0.15) is 60.9 Å². The van der Waals surface area contributed by atoms with Crippen molar-refractivity contribution in [2.24, 2.45) is 11.8 Å². The fraction of sp³-hybridized carbons (Fsp3) is 0.368. The Morgan fingerprint density at radius 2 is 1.67 bits per heavy atom. The minimum atomic E-state index is -1.04. The molecule has 0 aromatic heterocycles. The second-order valence-corrected chi connectivity index (χ2v) is 11.3. The van der Waals surface area contributed by atoms with Gasteiger partial charge in [-0.1, -0.05) is 85.7 Å². The zero-order valence-corrected chi connectivity index (χ0v) is 25.9. The molecule has 0 saturated heterocycles. The van der Waals surface area contributed by atoms with E-state index < -0.39 is 24.3 Å². The Labute approximate surface area is 265 Å². The zero-order valence-electron chi connectivity index (χ0n) is 25.9. The first-order valence-corrected chi connectivity index (χ1v) is 15.5. The van der Waals surface area contributed by atoms with Crippen LogP contribution in [0.2, 0.25) is 0 Å². The average Bonchev–Trinajstić information content (AvgIpc) is 3.37. The minimum Gasteiger partial charge on any atom is -0.497 e. The van der Waals surface area contributed by atoms with Crippen molar-refractivity contribution in [1.29, 1.82) is 0 Å². The molecular formula is C38H42O7. The molecule has 3 aromatic carbocycles. The lowest BCUT2D eigenvalue weighted by Gasteiger charge is -2.24. The third-order valence-corrected chi connectivity index (χ3v) is 8.22. The van der Waals surface area contributed by atoms with E-state index in [0.29, 0.717) is 24.2 Å². The Kier molecular flexibility index (Phi) is 12.8. The molecule has 0 spiro atoms. The van der Waals surface area contributed by atoms with E-state index in [1.54, 1.807) is 37.5 Å². The average molecular weight is 611 g/mol. The quantitative estimate of drug-likeness (QED) is 0.100. The Balaban J connectivity index is 1.42. The summed E-state index contributed by atoms with van der Waals surface area (Å²) < 4.78 is 16.0. The van der Waals surface area contributed by atoms with Gasteiger partial charge in [-0.25, -0.2) is 4.79 Å². The number of hydrogen-bond donors (Lipinski definition) is 2. The van der Waals surface area contributed by atoms with E-state index in [0.717, 1.165) is 48.8 Å². The first-order valence-electron chi connectivity index (χ1n) is 15.5. The summed E-state index contributed by atoms with van der Waals surface area (Å²) in [5.41, 5.74) is 3.24. The van der Waals surface area contributed by atoms with Crippen LogP contribution < -0.4 is 4.74 Å². The van der Waals surface area contributed by atoms with Crippen molar-refractivity contribution in [2.45, 2.75) is 63.3 Å². The summed E-state index contributed by atoms with van der Waals surface area (Å²) in [5.74, 6) is 5.37. The zero-order chi connectivity index (χ0) is 32.0. The van der Waals surface area contributed by atoms with Crippen LogP contribution in [0, 0.1) is 23.7 Å². The lowest BCUT2D eigenvalue weighted by atomic mass is 9.87. The molecule has 236 valence electrons. The maximum Gasteiger partial charge on any atom is 0.338 e. The van der Waals surface area contributed by atoms with E-state index in [1.165, 1.54) is 7.11 Å². The molecule has 3 aromatic rings. The molecule has 45 heavy (non-hydrogen) atoms. The number of benzene rings is 3. The Morgan fingerprint density at radius 1 is 0.933 bits per heavy atom. The molecular weight excluding hydrogens is 568 g/mol. The monoisotopic (exact) mass is 610 g/mol. The van der Waals surface area contributed by atoms with Crippen LogP contribution in [-0.4, -0.2) is 54.7 Å². The molecule has 0 aliphatic heterocycles. The second kappa shape index (κ2) is 17.2. The van der Waals surface area contributed by atoms with Crippen molar-refractivity contribution < 1.29 is 34.0 Å². The smallest absolute Gasteiger partial charge is 0.338 e. The highest BCUT2D eigenvalue weighted by Gasteiger charge is 2.43. The van der Waals surface area contributed by atoms with Crippen LogP contribution in [0.25, 0.3) is 11.1 Å². The number of esters is 2. The Hall–Kier alpha value is -4.38. The van der Waals surface area contributed by atoms with Crippen molar-refractivity contribution in [3.63, 3.8) is 0 Å². The molecule has 7 nitrogen and oxygen atoms in total. The Morgan fingerprint density at radius 3 is 2.40 bits per heavy atom. The van der Waals surface area contributed by atoms with Gasteiger partial charge in [0.05, 0.1) is 25.9 Å². The topological polar surface area (TPSA) is 102 Å². The number of hydrogen-bond acceptors (Lipinski definition) is 7. The van der Waals surface area contributed by atoms with E-state index in [1.807, 2.05) is 60.7 Å². The number of unbranched alkanes of at least 4 members (excludes halogenated alkanes) is 3. The van der Waals surface area contributed by atoms with Crippen molar-refractivity contribution in [2.75, 3.05) is 14.2 Å². The Bertz CT molecular complexity index is 1470. The van der Waals surface area contributed by atoms with Gasteiger partial charge in [-0.3, -0.25) is 4.79 Å². The van der Waals surface area contributed by atoms with Gasteiger partial charge in [0.25, 0.3) is 0 Å². The largest absolute Gasteiger partial charge is 0.497 e. The SMILES string of the molecule is COC(=O)CCCCCC[C@@H]1[C@@H](/C=C/C(O)C#Cc2cccc(OC)c2)[C@H](O)C[C@@H]1OC(=O)c1ccc(-c2ccccc2)cc1. The molecule has 2 N–H and O–H groups in total. The standard InChI is InChI=1S/C38H42O7/c1-43-32-14-10-11-27(25-32)17-22-31(39)23-24-33-34(15-8-3-4-9-16-37(41)44-2)36(26-35(33)40)45-38(42)30-20-18-29(19-21-30)28-12-6-5-7-13-28/h5-7,10-14,18-21,23-25,31,33-36,39-40H,3-4,8-9,15-16,26H2,1-2H3/b24-23+/t31?,33-,34-,35-,36+/m1/s1. The molecule has 1 unspecified atom stereocenters. The summed E-state index contributed by atoms with van der Waals surface area (Å²) in [6.07, 6.45) is 5.94. The van der Waals surface area contributed by atoms with E-state index in [2.05, 4.69) is 11.8 Å². The van der Waals surface area contributed by atoms with Crippen molar-refractivity contribution in [1.82, 2.24) is 0 Å². The molecule has 1 aliphatic rings. The highest BCUT2D eigenvalue weighted by molar-refractivity contribution is 5.90. The molecule has 1 saturated carbocycles. The van der Waals surface area contributed by atoms with Crippen LogP contribution in [0.15, 0.2) is 91.0 Å². The highest BCUT2D eigenvalue weighted by Crippen LogP contribution is 2.39. The van der Waals surface area contributed by atoms with Gasteiger partial charge in [0.1, 0.15) is 18.0 Å². The lowest BCUT2D eigenvalue weighted by molar-refractivity contribution is -0.140. The maximum absolute atomic E-state index is 13.2. The summed E-state index contributed by atoms with van der Waals surface area (Å²) >= 11 is 0. The normalized spacial score (nSPS) is 19.8. The predicted molar refractivity (Wildman–Crippen MR) is 173 cm³/mol. The van der Waals surface area contributed by atoms with Gasteiger partial charge in [-0.15, -0.1) is 0 Å². The molecule has 0 heterocycles. The van der Waals surface area contributed by atoms with Gasteiger partial charge in [-0.2, -0.15) is 0 Å². The van der Waals surface area contributed by atoms with Crippen LogP contribution in [-0.2, 0) is 14.3 Å². The lowest BCUT2D eigenvalue weighted by Crippen LogP contribution is -2.25. The summed E-state index contributed by atoms with van der Waals surface area (Å²) in [5, 5.41) is 21.6. The van der Waals surface area contributed by atoms with E-state index in [-0.39, 0.29) is 17.8 Å². The van der Waals surface area contributed by atoms with Crippen LogP contribution >= 0.6 is 0 Å². The third kappa shape index (κ3) is 10.1. The van der Waals surface area contributed by atoms with Crippen molar-refractivity contribution in [3.05, 3.63) is 102 Å². The molecule has 4 rings (SSSR count). The van der Waals surface area contributed by atoms with Gasteiger partial charge in [0, 0.05) is 30.2 Å². The van der Waals surface area contributed by atoms with Crippen LogP contribution in [0.5, 0.6) is 5.75 Å². The number of aliphatic hydroxyl groups excluding tert-OH is 2. The number of carbonyl (C=O) groups is 2. The number of methoxy groups -OCH3 is 2.